The van der Waals surface area contributed by atoms with E-state index in [-0.39, 0.29) is 44.6 Å². The summed E-state index contributed by atoms with van der Waals surface area (Å²) in [5.41, 5.74) is 25.5. The minimum atomic E-state index is -0.162. The first-order valence-corrected chi connectivity index (χ1v) is 29.4. The predicted octanol–water partition coefficient (Wildman–Crippen LogP) is 18.9. The van der Waals surface area contributed by atoms with Crippen LogP contribution in [0.2, 0.25) is 0 Å². The van der Waals surface area contributed by atoms with E-state index >= 15 is 0 Å². The van der Waals surface area contributed by atoms with Gasteiger partial charge in [-0.25, -0.2) is 0 Å². The van der Waals surface area contributed by atoms with Crippen LogP contribution in [0.5, 0.6) is 0 Å². The van der Waals surface area contributed by atoms with E-state index in [1.54, 1.807) is 0 Å². The first-order valence-electron chi connectivity index (χ1n) is 28.5. The quantitative estimate of drug-likeness (QED) is 0.162. The monoisotopic (exact) mass is 1020 g/mol. The molecule has 2 nitrogen and oxygen atoms in total. The van der Waals surface area contributed by atoms with Gasteiger partial charge in [0.25, 0.3) is 6.71 Å². The maximum Gasteiger partial charge on any atom is 0.254 e. The number of fused-ring (bicyclic) bond motifs is 8. The van der Waals surface area contributed by atoms with Gasteiger partial charge in [0.1, 0.15) is 0 Å². The molecule has 4 aliphatic rings. The third kappa shape index (κ3) is 7.99. The Labute approximate surface area is 461 Å². The van der Waals surface area contributed by atoms with Crippen molar-refractivity contribution in [1.29, 1.82) is 0 Å². The van der Waals surface area contributed by atoms with Crippen molar-refractivity contribution in [3.63, 3.8) is 0 Å². The molecule has 3 heterocycles. The molecule has 2 aliphatic carbocycles. The molecule has 0 unspecified atom stereocenters. The topological polar surface area (TPSA) is 6.48 Å². The van der Waals surface area contributed by atoms with Gasteiger partial charge in [0.2, 0.25) is 0 Å². The third-order valence-corrected chi connectivity index (χ3v) is 20.0. The van der Waals surface area contributed by atoms with E-state index < -0.39 is 0 Å². The molecule has 4 heteroatoms. The minimum absolute atomic E-state index is 0.0146. The summed E-state index contributed by atoms with van der Waals surface area (Å²) in [5.74, 6) is 0. The average molecular weight is 1020 g/mol. The molecule has 2 aliphatic heterocycles. The molecule has 1 aromatic heterocycles. The van der Waals surface area contributed by atoms with Gasteiger partial charge in [-0.1, -0.05) is 197 Å². The lowest BCUT2D eigenvalue weighted by atomic mass is 9.33. The van der Waals surface area contributed by atoms with Crippen LogP contribution < -0.4 is 26.2 Å². The molecule has 12 rings (SSSR count). The molecule has 0 atom stereocenters. The summed E-state index contributed by atoms with van der Waals surface area (Å²) in [7, 11) is 0. The fourth-order valence-corrected chi connectivity index (χ4v) is 15.0. The molecule has 7 aromatic carbocycles. The Balaban J connectivity index is 1.28. The number of benzene rings is 7. The van der Waals surface area contributed by atoms with Gasteiger partial charge in [-0.05, 0) is 190 Å². The van der Waals surface area contributed by atoms with Crippen molar-refractivity contribution in [2.45, 2.75) is 181 Å². The van der Waals surface area contributed by atoms with Crippen LogP contribution >= 0.6 is 11.3 Å². The van der Waals surface area contributed by atoms with Gasteiger partial charge in [0.15, 0.2) is 0 Å². The van der Waals surface area contributed by atoms with Gasteiger partial charge < -0.3 is 9.80 Å². The Morgan fingerprint density at radius 3 is 1.41 bits per heavy atom. The summed E-state index contributed by atoms with van der Waals surface area (Å²) in [6.45, 7) is 41.3. The molecule has 0 saturated heterocycles. The fourth-order valence-electron chi connectivity index (χ4n) is 13.7. The fraction of sp³-hybridized carbons (Fsp3) is 0.389. The maximum atomic E-state index is 2.76. The third-order valence-electron chi connectivity index (χ3n) is 18.9. The van der Waals surface area contributed by atoms with Gasteiger partial charge in [-0.3, -0.25) is 0 Å². The van der Waals surface area contributed by atoms with Crippen LogP contribution in [0.1, 0.15) is 182 Å². The largest absolute Gasteiger partial charge is 0.310 e. The van der Waals surface area contributed by atoms with Gasteiger partial charge in [-0.15, -0.1) is 11.3 Å². The number of hydrogen-bond donors (Lipinski definition) is 0. The number of thiophene rings is 1. The van der Waals surface area contributed by atoms with Gasteiger partial charge in [0, 0.05) is 38.6 Å². The second kappa shape index (κ2) is 16.8. The summed E-state index contributed by atoms with van der Waals surface area (Å²) in [5, 5.41) is 2.78. The van der Waals surface area contributed by atoms with Crippen molar-refractivity contribution < 1.29 is 0 Å². The van der Waals surface area contributed by atoms with Crippen molar-refractivity contribution in [2.75, 3.05) is 9.80 Å². The number of rotatable bonds is 4. The smallest absolute Gasteiger partial charge is 0.254 e. The average Bonchev–Trinajstić information content (AvgIpc) is 3.96. The molecule has 0 spiro atoms. The highest BCUT2D eigenvalue weighted by molar-refractivity contribution is 7.26. The first-order chi connectivity index (χ1) is 35.5. The molecule has 0 radical (unpaired) electrons. The SMILES string of the molecule is CC(C)(C)c1cc(-c2ccccc2)c(N2c3cc(C(C)(C)C)ccc3B3c4c(cc(C(C)(C)C)cc42)N(c2ccc4c(c2)C(C)(C)CCC4(C)C)c2sc4cc5c(cc4c23)C(C)(C)CCC5(C)C)c(-c2ccccc2)c1. The highest BCUT2D eigenvalue weighted by Crippen LogP contribution is 2.56. The zero-order valence-corrected chi connectivity index (χ0v) is 49.7. The zero-order chi connectivity index (χ0) is 54.0. The summed E-state index contributed by atoms with van der Waals surface area (Å²) in [4.78, 5) is 5.51. The Morgan fingerprint density at radius 1 is 0.421 bits per heavy atom. The molecular weight excluding hydrogens is 936 g/mol. The lowest BCUT2D eigenvalue weighted by molar-refractivity contribution is 0.332. The van der Waals surface area contributed by atoms with E-state index in [0.717, 1.165) is 0 Å². The minimum Gasteiger partial charge on any atom is -0.310 e. The van der Waals surface area contributed by atoms with E-state index in [4.69, 9.17) is 0 Å². The van der Waals surface area contributed by atoms with E-state index in [9.17, 15) is 0 Å². The lowest BCUT2D eigenvalue weighted by Gasteiger charge is -2.46. The van der Waals surface area contributed by atoms with Crippen molar-refractivity contribution in [3.8, 4) is 22.3 Å². The standard InChI is InChI=1S/C72H81BN2S/c1-66(2,3)46-28-31-57-58(38-46)75(64-50(44-24-20-18-21-25-44)36-47(67(4,5)6)37-51(64)45-26-22-19-23-27-45)60-40-48(68(7,8)9)39-59-63(60)73(57)62-52-42-55-56(72(16,17)35-34-71(55,14)15)43-61(52)76-65(62)74(59)49-29-30-53-54(41-49)70(12,13)33-32-69(53,10)11/h18-31,36-43H,32-35H2,1-17H3. The summed E-state index contributed by atoms with van der Waals surface area (Å²) in [6, 6.07) is 53.3. The Hall–Kier alpha value is -5.84. The molecule has 0 bridgehead atoms. The zero-order valence-electron chi connectivity index (χ0n) is 48.9. The van der Waals surface area contributed by atoms with Crippen molar-refractivity contribution in [1.82, 2.24) is 0 Å². The summed E-state index contributed by atoms with van der Waals surface area (Å²) in [6.07, 6.45) is 4.73. The molecule has 388 valence electrons. The molecule has 76 heavy (non-hydrogen) atoms. The number of anilines is 6. The van der Waals surface area contributed by atoms with Crippen LogP contribution in [0.4, 0.5) is 33.4 Å². The van der Waals surface area contributed by atoms with Crippen molar-refractivity contribution >= 4 is 78.0 Å². The summed E-state index contributed by atoms with van der Waals surface area (Å²) < 4.78 is 1.40. The van der Waals surface area contributed by atoms with Gasteiger partial charge in [-0.2, -0.15) is 0 Å². The maximum absolute atomic E-state index is 2.76. The van der Waals surface area contributed by atoms with E-state index in [0.29, 0.717) is 0 Å². The number of hydrogen-bond acceptors (Lipinski definition) is 3. The lowest BCUT2D eigenvalue weighted by Crippen LogP contribution is -2.61. The first kappa shape index (κ1) is 51.0. The van der Waals surface area contributed by atoms with Gasteiger partial charge >= 0.3 is 0 Å². The molecule has 0 fully saturated rings. The highest BCUT2D eigenvalue weighted by atomic mass is 32.1. The van der Waals surface area contributed by atoms with Crippen LogP contribution in [-0.4, -0.2) is 6.71 Å². The van der Waals surface area contributed by atoms with Crippen LogP contribution in [0.25, 0.3) is 32.3 Å². The van der Waals surface area contributed by atoms with Crippen LogP contribution in [0.3, 0.4) is 0 Å². The predicted molar refractivity (Wildman–Crippen MR) is 333 cm³/mol. The van der Waals surface area contributed by atoms with Crippen molar-refractivity contribution in [3.05, 3.63) is 172 Å². The van der Waals surface area contributed by atoms with Crippen LogP contribution in [0, 0.1) is 0 Å². The van der Waals surface area contributed by atoms with Gasteiger partial charge in [0.05, 0.1) is 10.7 Å². The molecular formula is C72H81BN2S. The Morgan fingerprint density at radius 2 is 0.882 bits per heavy atom. The van der Waals surface area contributed by atoms with E-state index in [1.165, 1.54) is 147 Å². The molecule has 0 amide bonds. The normalized spacial score (nSPS) is 17.9. The molecule has 8 aromatic rings. The summed E-state index contributed by atoms with van der Waals surface area (Å²) >= 11 is 2.03. The second-order valence-corrected chi connectivity index (χ2v) is 30.2. The van der Waals surface area contributed by atoms with E-state index in [1.807, 2.05) is 11.3 Å². The molecule has 0 N–H and O–H groups in total. The highest BCUT2D eigenvalue weighted by Gasteiger charge is 2.49. The van der Waals surface area contributed by atoms with E-state index in [2.05, 4.69) is 261 Å². The second-order valence-electron chi connectivity index (χ2n) is 29.2. The van der Waals surface area contributed by atoms with Crippen LogP contribution in [-0.2, 0) is 37.9 Å². The molecule has 0 saturated carbocycles. The Bertz CT molecular complexity index is 3600. The van der Waals surface area contributed by atoms with Crippen LogP contribution in [0.15, 0.2) is 133 Å². The van der Waals surface area contributed by atoms with Crippen molar-refractivity contribution in [2.24, 2.45) is 0 Å². The Kier molecular flexibility index (Phi) is 11.3. The number of nitrogens with zero attached hydrogens (tertiary/aromatic N) is 2.